The van der Waals surface area contributed by atoms with Crippen LogP contribution in [0.15, 0.2) is 49.9 Å². The van der Waals surface area contributed by atoms with E-state index in [0.717, 1.165) is 50.9 Å². The monoisotopic (exact) mass is 361 g/mol. The number of carbonyl (C=O) groups excluding carboxylic acids is 1. The summed E-state index contributed by atoms with van der Waals surface area (Å²) in [6.45, 7) is 13.3. The summed E-state index contributed by atoms with van der Waals surface area (Å²) in [5.74, 6) is -0.725. The molecule has 0 aromatic rings. The highest BCUT2D eigenvalue weighted by molar-refractivity contribution is 5.81. The lowest BCUT2D eigenvalue weighted by Crippen LogP contribution is -2.33. The minimum Gasteiger partial charge on any atom is -0.478 e. The van der Waals surface area contributed by atoms with E-state index in [-0.39, 0.29) is 17.9 Å². The Labute approximate surface area is 156 Å². The fourth-order valence-electron chi connectivity index (χ4n) is 3.12. The van der Waals surface area contributed by atoms with Crippen molar-refractivity contribution in [1.82, 2.24) is 15.5 Å². The molecular weight excluding hydrogens is 330 g/mol. The lowest BCUT2D eigenvalue weighted by atomic mass is 10.0. The SMILES string of the molecule is C=CC1CCCCNC1=O.C=CCNC(=CC(=O)O)C1CCCN1C=C. The average Bonchev–Trinajstić information content (AvgIpc) is 3.00. The van der Waals surface area contributed by atoms with Gasteiger partial charge in [0.2, 0.25) is 5.91 Å². The van der Waals surface area contributed by atoms with Crippen molar-refractivity contribution >= 4 is 11.9 Å². The molecule has 0 spiro atoms. The summed E-state index contributed by atoms with van der Waals surface area (Å²) in [4.78, 5) is 23.9. The first-order chi connectivity index (χ1) is 12.5. The number of nitrogens with one attached hydrogen (secondary N) is 2. The summed E-state index contributed by atoms with van der Waals surface area (Å²) in [6.07, 6.45) is 11.7. The molecule has 2 rings (SSSR count). The van der Waals surface area contributed by atoms with Crippen molar-refractivity contribution in [3.05, 3.63) is 49.9 Å². The van der Waals surface area contributed by atoms with Crippen molar-refractivity contribution < 1.29 is 14.7 Å². The standard InChI is InChI=1S/C12H18N2O2.C8H13NO/c1-3-7-13-10(9-12(15)16)11-6-5-8-14(11)4-2;1-2-7-5-3-4-6-9-8(7)10/h3-4,9,11,13H,1-2,5-8H2,(H,15,16);2,7H,1,3-6H2,(H,9,10). The number of carboxylic acid groups (broad SMARTS) is 1. The van der Waals surface area contributed by atoms with E-state index < -0.39 is 5.97 Å². The highest BCUT2D eigenvalue weighted by atomic mass is 16.4. The van der Waals surface area contributed by atoms with E-state index in [0.29, 0.717) is 6.54 Å². The van der Waals surface area contributed by atoms with Crippen molar-refractivity contribution in [2.24, 2.45) is 5.92 Å². The van der Waals surface area contributed by atoms with Crippen LogP contribution in [0.1, 0.15) is 32.1 Å². The third-order valence-corrected chi connectivity index (χ3v) is 4.48. The molecule has 26 heavy (non-hydrogen) atoms. The Morgan fingerprint density at radius 2 is 2.04 bits per heavy atom. The van der Waals surface area contributed by atoms with Crippen LogP contribution in [-0.2, 0) is 9.59 Å². The van der Waals surface area contributed by atoms with Gasteiger partial charge in [-0.3, -0.25) is 4.79 Å². The van der Waals surface area contributed by atoms with Crippen molar-refractivity contribution in [3.63, 3.8) is 0 Å². The van der Waals surface area contributed by atoms with Crippen LogP contribution in [0, 0.1) is 5.92 Å². The van der Waals surface area contributed by atoms with Crippen LogP contribution in [0.3, 0.4) is 0 Å². The van der Waals surface area contributed by atoms with E-state index in [2.05, 4.69) is 35.3 Å². The molecule has 0 aliphatic carbocycles. The van der Waals surface area contributed by atoms with Gasteiger partial charge >= 0.3 is 5.97 Å². The van der Waals surface area contributed by atoms with Gasteiger partial charge in [-0.05, 0) is 31.9 Å². The minimum absolute atomic E-state index is 0.0579. The van der Waals surface area contributed by atoms with E-state index in [1.54, 1.807) is 18.4 Å². The van der Waals surface area contributed by atoms with Crippen LogP contribution >= 0.6 is 0 Å². The first-order valence-electron chi connectivity index (χ1n) is 9.11. The van der Waals surface area contributed by atoms with Gasteiger partial charge in [0.05, 0.1) is 12.0 Å². The first-order valence-corrected chi connectivity index (χ1v) is 9.11. The van der Waals surface area contributed by atoms with E-state index >= 15 is 0 Å². The number of carboxylic acids is 1. The van der Waals surface area contributed by atoms with Gasteiger partial charge < -0.3 is 20.6 Å². The van der Waals surface area contributed by atoms with E-state index in [4.69, 9.17) is 5.11 Å². The number of hydrogen-bond donors (Lipinski definition) is 3. The maximum absolute atomic E-state index is 11.1. The first kappa shape index (κ1) is 21.5. The van der Waals surface area contributed by atoms with Gasteiger partial charge in [0.15, 0.2) is 0 Å². The molecule has 0 aromatic heterocycles. The Morgan fingerprint density at radius 1 is 1.27 bits per heavy atom. The molecule has 0 aromatic carbocycles. The molecule has 1 amide bonds. The zero-order valence-electron chi connectivity index (χ0n) is 15.5. The van der Waals surface area contributed by atoms with Gasteiger partial charge in [-0.25, -0.2) is 4.79 Å². The molecule has 2 fully saturated rings. The van der Waals surface area contributed by atoms with Gasteiger partial charge in [0, 0.05) is 31.4 Å². The highest BCUT2D eigenvalue weighted by Gasteiger charge is 2.25. The molecule has 2 heterocycles. The molecule has 6 nitrogen and oxygen atoms in total. The Hall–Kier alpha value is -2.50. The van der Waals surface area contributed by atoms with Gasteiger partial charge in [-0.1, -0.05) is 25.2 Å². The number of aliphatic carboxylic acids is 1. The van der Waals surface area contributed by atoms with E-state index in [9.17, 15) is 9.59 Å². The van der Waals surface area contributed by atoms with Gasteiger partial charge in [0.1, 0.15) is 0 Å². The lowest BCUT2D eigenvalue weighted by molar-refractivity contribution is -0.131. The zero-order valence-corrected chi connectivity index (χ0v) is 15.5. The molecule has 0 bridgehead atoms. The Kier molecular flexibility index (Phi) is 9.90. The molecule has 2 unspecified atom stereocenters. The van der Waals surface area contributed by atoms with Gasteiger partial charge in [-0.2, -0.15) is 0 Å². The third kappa shape index (κ3) is 7.17. The lowest BCUT2D eigenvalue weighted by Gasteiger charge is -2.25. The number of likely N-dealkylation sites (tertiary alicyclic amines) is 1. The van der Waals surface area contributed by atoms with Crippen LogP contribution < -0.4 is 10.6 Å². The fraction of sp³-hybridized carbons (Fsp3) is 0.500. The maximum atomic E-state index is 11.1. The smallest absolute Gasteiger partial charge is 0.330 e. The molecule has 3 N–H and O–H groups in total. The molecule has 2 atom stereocenters. The maximum Gasteiger partial charge on any atom is 0.330 e. The summed E-state index contributed by atoms with van der Waals surface area (Å²) in [5.41, 5.74) is 0.727. The fourth-order valence-corrected chi connectivity index (χ4v) is 3.12. The summed E-state index contributed by atoms with van der Waals surface area (Å²) in [6, 6.07) is 0.105. The summed E-state index contributed by atoms with van der Waals surface area (Å²) < 4.78 is 0. The largest absolute Gasteiger partial charge is 0.478 e. The number of amides is 1. The van der Waals surface area contributed by atoms with Crippen LogP contribution in [0.2, 0.25) is 0 Å². The van der Waals surface area contributed by atoms with Crippen molar-refractivity contribution in [3.8, 4) is 0 Å². The van der Waals surface area contributed by atoms with E-state index in [1.165, 1.54) is 6.08 Å². The summed E-state index contributed by atoms with van der Waals surface area (Å²) in [5, 5.41) is 14.7. The normalized spacial score (nSPS) is 23.0. The second-order valence-electron chi connectivity index (χ2n) is 6.31. The number of rotatable bonds is 7. The molecule has 0 saturated carbocycles. The molecule has 144 valence electrons. The quantitative estimate of drug-likeness (QED) is 0.479. The van der Waals surface area contributed by atoms with Crippen LogP contribution in [-0.4, -0.2) is 47.6 Å². The van der Waals surface area contributed by atoms with Crippen LogP contribution in [0.5, 0.6) is 0 Å². The Bertz CT molecular complexity index is 542. The predicted octanol–water partition coefficient (Wildman–Crippen LogP) is 2.43. The number of nitrogens with zero attached hydrogens (tertiary/aromatic N) is 1. The summed E-state index contributed by atoms with van der Waals surface area (Å²) in [7, 11) is 0. The minimum atomic E-state index is -0.928. The van der Waals surface area contributed by atoms with Crippen molar-refractivity contribution in [2.45, 2.75) is 38.1 Å². The molecule has 6 heteroatoms. The second-order valence-corrected chi connectivity index (χ2v) is 6.31. The number of carbonyl (C=O) groups is 2. The van der Waals surface area contributed by atoms with Gasteiger partial charge in [0.25, 0.3) is 0 Å². The third-order valence-electron chi connectivity index (χ3n) is 4.48. The predicted molar refractivity (Wildman–Crippen MR) is 104 cm³/mol. The van der Waals surface area contributed by atoms with Crippen molar-refractivity contribution in [2.75, 3.05) is 19.6 Å². The van der Waals surface area contributed by atoms with Gasteiger partial charge in [-0.15, -0.1) is 13.2 Å². The second kappa shape index (κ2) is 12.0. The molecule has 2 aliphatic heterocycles. The number of hydrogen-bond acceptors (Lipinski definition) is 4. The van der Waals surface area contributed by atoms with E-state index in [1.807, 2.05) is 0 Å². The van der Waals surface area contributed by atoms with Crippen molar-refractivity contribution in [1.29, 1.82) is 0 Å². The highest BCUT2D eigenvalue weighted by Crippen LogP contribution is 2.22. The molecule has 0 radical (unpaired) electrons. The Morgan fingerprint density at radius 3 is 2.65 bits per heavy atom. The summed E-state index contributed by atoms with van der Waals surface area (Å²) >= 11 is 0. The zero-order chi connectivity index (χ0) is 19.4. The molecular formula is C20H31N3O3. The van der Waals surface area contributed by atoms with Crippen LogP contribution in [0.25, 0.3) is 0 Å². The topological polar surface area (TPSA) is 81.7 Å². The average molecular weight is 361 g/mol. The molecule has 2 saturated heterocycles. The van der Waals surface area contributed by atoms with Crippen LogP contribution in [0.4, 0.5) is 0 Å². The Balaban J connectivity index is 0.000000289. The molecule has 2 aliphatic rings.